The fraction of sp³-hybridized carbons (Fsp3) is 0.533. The summed E-state index contributed by atoms with van der Waals surface area (Å²) in [6.07, 6.45) is 4.49. The average molecular weight is 277 g/mol. The van der Waals surface area contributed by atoms with Gasteiger partial charge >= 0.3 is 0 Å². The van der Waals surface area contributed by atoms with Crippen molar-refractivity contribution in [1.82, 2.24) is 5.48 Å². The van der Waals surface area contributed by atoms with Gasteiger partial charge in [-0.05, 0) is 55.9 Å². The fourth-order valence-corrected chi connectivity index (χ4v) is 2.74. The molecule has 3 N–H and O–H groups in total. The van der Waals surface area contributed by atoms with Crippen LogP contribution in [0.25, 0.3) is 0 Å². The van der Waals surface area contributed by atoms with Gasteiger partial charge in [0.2, 0.25) is 0 Å². The molecule has 110 valence electrons. The molecular formula is C15H23N3O2. The average Bonchev–Trinajstić information content (AvgIpc) is 2.47. The molecule has 0 aliphatic carbocycles. The van der Waals surface area contributed by atoms with E-state index >= 15 is 0 Å². The third-order valence-corrected chi connectivity index (χ3v) is 3.96. The molecule has 20 heavy (non-hydrogen) atoms. The maximum absolute atomic E-state index is 8.99. The molecule has 0 bridgehead atoms. The number of hydrogen-bond donors (Lipinski definition) is 3. The lowest BCUT2D eigenvalue weighted by Gasteiger charge is -2.33. The van der Waals surface area contributed by atoms with Crippen LogP contribution >= 0.6 is 0 Å². The Bertz CT molecular complexity index is 454. The quantitative estimate of drug-likeness (QED) is 0.438. The normalized spacial score (nSPS) is 16.9. The Labute approximate surface area is 119 Å². The molecular weight excluding hydrogens is 254 g/mol. The molecule has 1 aliphatic heterocycles. The SMILES string of the molecule is Cc1cc(N2CCC(CCO)CC2)ccc1N=CNO. The van der Waals surface area contributed by atoms with E-state index in [1.165, 1.54) is 12.0 Å². The Morgan fingerprint density at radius 1 is 1.40 bits per heavy atom. The molecule has 0 amide bonds. The molecule has 0 radical (unpaired) electrons. The third-order valence-electron chi connectivity index (χ3n) is 3.96. The van der Waals surface area contributed by atoms with Gasteiger partial charge in [0.1, 0.15) is 6.34 Å². The van der Waals surface area contributed by atoms with Crippen LogP contribution in [0.2, 0.25) is 0 Å². The van der Waals surface area contributed by atoms with Crippen molar-refractivity contribution >= 4 is 17.7 Å². The van der Waals surface area contributed by atoms with Crippen molar-refractivity contribution in [3.8, 4) is 0 Å². The van der Waals surface area contributed by atoms with Gasteiger partial charge in [-0.3, -0.25) is 10.7 Å². The molecule has 5 nitrogen and oxygen atoms in total. The van der Waals surface area contributed by atoms with Crippen LogP contribution in [-0.2, 0) is 0 Å². The highest BCUT2D eigenvalue weighted by molar-refractivity contribution is 5.64. The smallest absolute Gasteiger partial charge is 0.113 e. The van der Waals surface area contributed by atoms with Gasteiger partial charge in [-0.1, -0.05) is 0 Å². The van der Waals surface area contributed by atoms with Gasteiger partial charge in [0.15, 0.2) is 0 Å². The first-order chi connectivity index (χ1) is 9.74. The number of nitrogens with one attached hydrogen (secondary N) is 1. The van der Waals surface area contributed by atoms with Crippen molar-refractivity contribution in [2.75, 3.05) is 24.6 Å². The van der Waals surface area contributed by atoms with Gasteiger partial charge in [-0.25, -0.2) is 4.99 Å². The molecule has 2 rings (SSSR count). The Morgan fingerprint density at radius 2 is 2.15 bits per heavy atom. The van der Waals surface area contributed by atoms with Gasteiger partial charge < -0.3 is 10.0 Å². The van der Waals surface area contributed by atoms with Crippen LogP contribution in [0.5, 0.6) is 0 Å². The first-order valence-electron chi connectivity index (χ1n) is 7.13. The molecule has 5 heteroatoms. The summed E-state index contributed by atoms with van der Waals surface area (Å²) in [4.78, 5) is 6.50. The zero-order valence-electron chi connectivity index (χ0n) is 11.9. The number of aliphatic hydroxyl groups excluding tert-OH is 1. The summed E-state index contributed by atoms with van der Waals surface area (Å²) in [6.45, 7) is 4.41. The second-order valence-corrected chi connectivity index (χ2v) is 5.30. The Balaban J connectivity index is 2.00. The molecule has 0 saturated carbocycles. The van der Waals surface area contributed by atoms with Gasteiger partial charge in [-0.2, -0.15) is 0 Å². The predicted octanol–water partition coefficient (Wildman–Crippen LogP) is 2.23. The highest BCUT2D eigenvalue weighted by Crippen LogP contribution is 2.28. The van der Waals surface area contributed by atoms with Gasteiger partial charge in [0.05, 0.1) is 5.69 Å². The van der Waals surface area contributed by atoms with Crippen molar-refractivity contribution in [2.45, 2.75) is 26.2 Å². The lowest BCUT2D eigenvalue weighted by atomic mass is 9.93. The fourth-order valence-electron chi connectivity index (χ4n) is 2.74. The van der Waals surface area contributed by atoms with E-state index in [2.05, 4.69) is 22.0 Å². The number of aryl methyl sites for hydroxylation is 1. The van der Waals surface area contributed by atoms with E-state index in [1.54, 1.807) is 0 Å². The second kappa shape index (κ2) is 7.26. The maximum Gasteiger partial charge on any atom is 0.113 e. The molecule has 1 saturated heterocycles. The largest absolute Gasteiger partial charge is 0.396 e. The van der Waals surface area contributed by atoms with E-state index < -0.39 is 0 Å². The summed E-state index contributed by atoms with van der Waals surface area (Å²) in [5, 5.41) is 17.5. The van der Waals surface area contributed by atoms with Crippen molar-refractivity contribution in [3.05, 3.63) is 23.8 Å². The Hall–Kier alpha value is -1.59. The predicted molar refractivity (Wildman–Crippen MR) is 80.9 cm³/mol. The number of hydrogen-bond acceptors (Lipinski definition) is 4. The molecule has 0 atom stereocenters. The number of aliphatic hydroxyl groups is 1. The lowest BCUT2D eigenvalue weighted by molar-refractivity contribution is 0.240. The van der Waals surface area contributed by atoms with Gasteiger partial charge in [0.25, 0.3) is 0 Å². The first-order valence-corrected chi connectivity index (χ1v) is 7.13. The Morgan fingerprint density at radius 3 is 2.75 bits per heavy atom. The Kier molecular flexibility index (Phi) is 5.38. The third kappa shape index (κ3) is 3.71. The van der Waals surface area contributed by atoms with Crippen LogP contribution in [0, 0.1) is 12.8 Å². The number of piperidine rings is 1. The minimum Gasteiger partial charge on any atom is -0.396 e. The molecule has 0 aromatic heterocycles. The molecule has 1 aromatic rings. The standard InChI is InChI=1S/C15H23N3O2/c1-12-10-14(2-3-15(12)16-11-17-20)18-7-4-13(5-8-18)6-9-19/h2-3,10-11,13,19-20H,4-9H2,1H3,(H,16,17). The lowest BCUT2D eigenvalue weighted by Crippen LogP contribution is -2.33. The number of hydroxylamine groups is 1. The highest BCUT2D eigenvalue weighted by Gasteiger charge is 2.19. The molecule has 0 unspecified atom stereocenters. The zero-order chi connectivity index (χ0) is 14.4. The summed E-state index contributed by atoms with van der Waals surface area (Å²) >= 11 is 0. The van der Waals surface area contributed by atoms with Crippen molar-refractivity contribution in [3.63, 3.8) is 0 Å². The zero-order valence-corrected chi connectivity index (χ0v) is 11.9. The second-order valence-electron chi connectivity index (χ2n) is 5.30. The van der Waals surface area contributed by atoms with Crippen LogP contribution in [-0.4, -0.2) is 36.3 Å². The van der Waals surface area contributed by atoms with Crippen LogP contribution in [0.15, 0.2) is 23.2 Å². The minimum atomic E-state index is 0.301. The molecule has 1 fully saturated rings. The van der Waals surface area contributed by atoms with Gasteiger partial charge in [0, 0.05) is 25.4 Å². The number of rotatable bonds is 5. The number of aliphatic imine (C=N–C) groups is 1. The maximum atomic E-state index is 8.99. The van der Waals surface area contributed by atoms with Crippen molar-refractivity contribution in [1.29, 1.82) is 0 Å². The summed E-state index contributed by atoms with van der Waals surface area (Å²) < 4.78 is 0. The van der Waals surface area contributed by atoms with E-state index in [9.17, 15) is 0 Å². The van der Waals surface area contributed by atoms with Crippen LogP contribution < -0.4 is 10.4 Å². The van der Waals surface area contributed by atoms with Crippen LogP contribution in [0.4, 0.5) is 11.4 Å². The number of benzene rings is 1. The topological polar surface area (TPSA) is 68.1 Å². The summed E-state index contributed by atoms with van der Waals surface area (Å²) in [5.74, 6) is 0.664. The van der Waals surface area contributed by atoms with E-state index in [0.717, 1.165) is 43.6 Å². The summed E-state index contributed by atoms with van der Waals surface area (Å²) in [6, 6.07) is 6.18. The molecule has 1 heterocycles. The van der Waals surface area contributed by atoms with Crippen molar-refractivity contribution < 1.29 is 10.3 Å². The van der Waals surface area contributed by atoms with E-state index in [0.29, 0.717) is 12.5 Å². The summed E-state index contributed by atoms with van der Waals surface area (Å²) in [7, 11) is 0. The van der Waals surface area contributed by atoms with Crippen molar-refractivity contribution in [2.24, 2.45) is 10.9 Å². The molecule has 1 aliphatic rings. The first kappa shape index (κ1) is 14.8. The number of anilines is 1. The van der Waals surface area contributed by atoms with Gasteiger partial charge in [-0.15, -0.1) is 0 Å². The van der Waals surface area contributed by atoms with E-state index in [-0.39, 0.29) is 0 Å². The molecule has 0 spiro atoms. The van der Waals surface area contributed by atoms with Crippen LogP contribution in [0.1, 0.15) is 24.8 Å². The monoisotopic (exact) mass is 277 g/mol. The highest BCUT2D eigenvalue weighted by atomic mass is 16.5. The van der Waals surface area contributed by atoms with E-state index in [4.69, 9.17) is 10.3 Å². The van der Waals surface area contributed by atoms with Crippen LogP contribution in [0.3, 0.4) is 0 Å². The molecule has 1 aromatic carbocycles. The van der Waals surface area contributed by atoms with E-state index in [1.807, 2.05) is 18.5 Å². The number of nitrogens with zero attached hydrogens (tertiary/aromatic N) is 2. The minimum absolute atomic E-state index is 0.301. The summed E-state index contributed by atoms with van der Waals surface area (Å²) in [5.41, 5.74) is 5.08.